The first kappa shape index (κ1) is 16.9. The zero-order valence-electron chi connectivity index (χ0n) is 11.9. The second-order valence-corrected chi connectivity index (χ2v) is 5.65. The van der Waals surface area contributed by atoms with E-state index >= 15 is 0 Å². The maximum atomic E-state index is 12.2. The Balaban J connectivity index is 2.59. The monoisotopic (exact) mass is 358 g/mol. The predicted molar refractivity (Wildman–Crippen MR) is 89.7 cm³/mol. The molecule has 7 heteroatoms. The second-order valence-electron chi connectivity index (χ2n) is 4.40. The molecule has 0 unspecified atom stereocenters. The molecule has 0 aliphatic heterocycles. The molecule has 0 radical (unpaired) electrons. The van der Waals surface area contributed by atoms with E-state index in [2.05, 4.69) is 4.99 Å². The number of halogens is 3. The lowest BCUT2D eigenvalue weighted by atomic mass is 10.2. The third-order valence-corrected chi connectivity index (χ3v) is 3.65. The van der Waals surface area contributed by atoms with Crippen LogP contribution in [0.3, 0.4) is 0 Å². The highest BCUT2D eigenvalue weighted by atomic mass is 35.5. The number of esters is 1. The first-order chi connectivity index (χ1) is 10.4. The zero-order chi connectivity index (χ0) is 16.3. The summed E-state index contributed by atoms with van der Waals surface area (Å²) in [6, 6.07) is 6.59. The molecule has 0 N–H and O–H groups in total. The molecule has 0 aliphatic rings. The molecule has 1 aromatic carbocycles. The summed E-state index contributed by atoms with van der Waals surface area (Å²) in [5, 5.41) is 0.910. The van der Waals surface area contributed by atoms with Crippen molar-refractivity contribution in [1.29, 1.82) is 0 Å². The van der Waals surface area contributed by atoms with E-state index in [1.807, 2.05) is 0 Å². The lowest BCUT2D eigenvalue weighted by Gasteiger charge is -2.09. The van der Waals surface area contributed by atoms with Crippen molar-refractivity contribution < 1.29 is 9.53 Å². The fourth-order valence-corrected chi connectivity index (χ4v) is 2.77. The van der Waals surface area contributed by atoms with E-state index in [0.717, 1.165) is 0 Å². The Kier molecular flexibility index (Phi) is 5.51. The van der Waals surface area contributed by atoms with Crippen molar-refractivity contribution in [2.24, 2.45) is 12.0 Å². The number of benzene rings is 1. The van der Waals surface area contributed by atoms with Crippen molar-refractivity contribution in [2.45, 2.75) is 6.92 Å². The number of nitrogens with zero attached hydrogens (tertiary/aromatic N) is 2. The number of aliphatic imine (C=N–C) groups is 1. The molecule has 0 bridgehead atoms. The Bertz CT molecular complexity index is 715. The molecule has 0 atom stereocenters. The fraction of sp³-hybridized carbons (Fsp3) is 0.200. The number of aryl methyl sites for hydroxylation is 1. The molecule has 0 saturated carbocycles. The van der Waals surface area contributed by atoms with Gasteiger partial charge in [-0.05, 0) is 31.2 Å². The van der Waals surface area contributed by atoms with Gasteiger partial charge in [-0.15, -0.1) is 0 Å². The number of hydrogen-bond donors (Lipinski definition) is 0. The van der Waals surface area contributed by atoms with Crippen molar-refractivity contribution in [3.05, 3.63) is 51.2 Å². The molecule has 2 aromatic rings. The van der Waals surface area contributed by atoms with Crippen LogP contribution in [0.1, 0.15) is 12.6 Å². The summed E-state index contributed by atoms with van der Waals surface area (Å²) in [5.41, 5.74) is 0.998. The van der Waals surface area contributed by atoms with Crippen molar-refractivity contribution in [3.63, 3.8) is 0 Å². The standard InChI is InChI=1S/C15H13Cl3N2O2/c1-3-22-15(21)14(12-5-4-6-20(12)2)19-13-10(17)7-9(16)8-11(13)18/h4-8H,3H2,1-2H3. The van der Waals surface area contributed by atoms with E-state index in [1.165, 1.54) is 12.1 Å². The van der Waals surface area contributed by atoms with Crippen LogP contribution in [0.25, 0.3) is 0 Å². The quantitative estimate of drug-likeness (QED) is 0.588. The van der Waals surface area contributed by atoms with Crippen LogP contribution in [0.5, 0.6) is 0 Å². The average molecular weight is 360 g/mol. The van der Waals surface area contributed by atoms with E-state index in [1.54, 1.807) is 36.9 Å². The summed E-state index contributed by atoms with van der Waals surface area (Å²) in [5.74, 6) is -0.550. The van der Waals surface area contributed by atoms with Crippen molar-refractivity contribution in [2.75, 3.05) is 6.61 Å². The van der Waals surface area contributed by atoms with Crippen LogP contribution in [0.15, 0.2) is 35.5 Å². The van der Waals surface area contributed by atoms with Gasteiger partial charge in [0.2, 0.25) is 0 Å². The zero-order valence-corrected chi connectivity index (χ0v) is 14.2. The van der Waals surface area contributed by atoms with Crippen LogP contribution in [-0.2, 0) is 16.6 Å². The van der Waals surface area contributed by atoms with Gasteiger partial charge in [-0.1, -0.05) is 34.8 Å². The highest BCUT2D eigenvalue weighted by Crippen LogP contribution is 2.36. The Morgan fingerprint density at radius 2 is 1.91 bits per heavy atom. The Labute approximate surface area is 143 Å². The molecule has 116 valence electrons. The SMILES string of the molecule is CCOC(=O)C(=Nc1c(Cl)cc(Cl)cc1Cl)c1cccn1C. The first-order valence-corrected chi connectivity index (χ1v) is 7.59. The van der Waals surface area contributed by atoms with Gasteiger partial charge in [-0.25, -0.2) is 9.79 Å². The van der Waals surface area contributed by atoms with Gasteiger partial charge in [-0.3, -0.25) is 0 Å². The van der Waals surface area contributed by atoms with Gasteiger partial charge in [0, 0.05) is 18.3 Å². The summed E-state index contributed by atoms with van der Waals surface area (Å²) in [6.45, 7) is 1.97. The maximum Gasteiger partial charge on any atom is 0.359 e. The van der Waals surface area contributed by atoms with E-state index in [4.69, 9.17) is 39.5 Å². The minimum Gasteiger partial charge on any atom is -0.461 e. The van der Waals surface area contributed by atoms with Gasteiger partial charge in [0.05, 0.1) is 22.3 Å². The van der Waals surface area contributed by atoms with E-state index in [0.29, 0.717) is 10.7 Å². The number of hydrogen-bond acceptors (Lipinski definition) is 3. The van der Waals surface area contributed by atoms with E-state index in [-0.39, 0.29) is 28.1 Å². The van der Waals surface area contributed by atoms with Crippen LogP contribution in [0.2, 0.25) is 15.1 Å². The molecular formula is C15H13Cl3N2O2. The molecule has 2 rings (SSSR count). The highest BCUT2D eigenvalue weighted by molar-refractivity contribution is 6.45. The summed E-state index contributed by atoms with van der Waals surface area (Å²) in [4.78, 5) is 16.5. The van der Waals surface area contributed by atoms with Crippen LogP contribution in [0.4, 0.5) is 5.69 Å². The summed E-state index contributed by atoms with van der Waals surface area (Å²) in [7, 11) is 1.80. The maximum absolute atomic E-state index is 12.2. The van der Waals surface area contributed by atoms with E-state index in [9.17, 15) is 4.79 Å². The van der Waals surface area contributed by atoms with Gasteiger partial charge in [-0.2, -0.15) is 0 Å². The molecule has 0 fully saturated rings. The van der Waals surface area contributed by atoms with Gasteiger partial charge in [0.1, 0.15) is 5.69 Å². The minimum atomic E-state index is -0.550. The van der Waals surface area contributed by atoms with Crippen molar-refractivity contribution in [3.8, 4) is 0 Å². The van der Waals surface area contributed by atoms with Crippen LogP contribution < -0.4 is 0 Å². The first-order valence-electron chi connectivity index (χ1n) is 6.46. The molecule has 0 spiro atoms. The highest BCUT2D eigenvalue weighted by Gasteiger charge is 2.20. The number of carbonyl (C=O) groups is 1. The Hall–Kier alpha value is -1.49. The summed E-state index contributed by atoms with van der Waals surface area (Å²) >= 11 is 18.1. The van der Waals surface area contributed by atoms with Crippen LogP contribution in [-0.4, -0.2) is 22.9 Å². The second kappa shape index (κ2) is 7.18. The summed E-state index contributed by atoms with van der Waals surface area (Å²) < 4.78 is 6.82. The molecule has 22 heavy (non-hydrogen) atoms. The minimum absolute atomic E-state index is 0.125. The number of carbonyl (C=O) groups excluding carboxylic acids is 1. The molecule has 1 aromatic heterocycles. The smallest absolute Gasteiger partial charge is 0.359 e. The average Bonchev–Trinajstić information content (AvgIpc) is 2.84. The molecule has 0 saturated heterocycles. The van der Waals surface area contributed by atoms with Gasteiger partial charge in [0.25, 0.3) is 0 Å². The van der Waals surface area contributed by atoms with Crippen molar-refractivity contribution in [1.82, 2.24) is 4.57 Å². The molecule has 0 amide bonds. The summed E-state index contributed by atoms with van der Waals surface area (Å²) in [6.07, 6.45) is 1.80. The predicted octanol–water partition coefficient (Wildman–Crippen LogP) is 4.67. The Morgan fingerprint density at radius 3 is 2.41 bits per heavy atom. The van der Waals surface area contributed by atoms with Gasteiger partial charge < -0.3 is 9.30 Å². The third kappa shape index (κ3) is 3.64. The Morgan fingerprint density at radius 1 is 1.27 bits per heavy atom. The third-order valence-electron chi connectivity index (χ3n) is 2.86. The number of ether oxygens (including phenoxy) is 1. The normalized spacial score (nSPS) is 11.6. The van der Waals surface area contributed by atoms with E-state index < -0.39 is 5.97 Å². The van der Waals surface area contributed by atoms with Crippen LogP contribution in [0, 0.1) is 0 Å². The lowest BCUT2D eigenvalue weighted by molar-refractivity contribution is -0.134. The lowest BCUT2D eigenvalue weighted by Crippen LogP contribution is -2.21. The van der Waals surface area contributed by atoms with Gasteiger partial charge in [0.15, 0.2) is 5.71 Å². The van der Waals surface area contributed by atoms with Crippen LogP contribution >= 0.6 is 34.8 Å². The number of rotatable bonds is 4. The molecule has 0 aliphatic carbocycles. The largest absolute Gasteiger partial charge is 0.461 e. The topological polar surface area (TPSA) is 43.6 Å². The number of aromatic nitrogens is 1. The molecule has 1 heterocycles. The molecular weight excluding hydrogens is 347 g/mol. The van der Waals surface area contributed by atoms with Crippen molar-refractivity contribution >= 4 is 52.2 Å². The fourth-order valence-electron chi connectivity index (χ4n) is 1.87. The van der Waals surface area contributed by atoms with Gasteiger partial charge >= 0.3 is 5.97 Å². The molecule has 4 nitrogen and oxygen atoms in total.